The number of carbonyl (C=O) groups is 3. The molecule has 1 aliphatic rings. The zero-order valence-corrected chi connectivity index (χ0v) is 14.6. The van der Waals surface area contributed by atoms with Crippen LogP contribution in [-0.4, -0.2) is 29.4 Å². The van der Waals surface area contributed by atoms with Crippen molar-refractivity contribution in [1.82, 2.24) is 5.06 Å². The maximum Gasteiger partial charge on any atom is 0.285 e. The van der Waals surface area contributed by atoms with Crippen molar-refractivity contribution in [1.29, 1.82) is 0 Å². The van der Waals surface area contributed by atoms with Crippen LogP contribution in [0.25, 0.3) is 0 Å². The molecule has 0 bridgehead atoms. The summed E-state index contributed by atoms with van der Waals surface area (Å²) in [5.74, 6) is 1.41. The second-order valence-electron chi connectivity index (χ2n) is 5.98. The molecule has 0 atom stereocenters. The lowest BCUT2D eigenvalue weighted by Crippen LogP contribution is -2.30. The highest BCUT2D eigenvalue weighted by atomic mass is 16.7. The Morgan fingerprint density at radius 3 is 2.26 bits per heavy atom. The number of amides is 3. The van der Waals surface area contributed by atoms with E-state index >= 15 is 0 Å². The van der Waals surface area contributed by atoms with E-state index in [0.29, 0.717) is 29.7 Å². The lowest BCUT2D eigenvalue weighted by atomic mass is 10.1. The van der Waals surface area contributed by atoms with Gasteiger partial charge in [0, 0.05) is 18.5 Å². The van der Waals surface area contributed by atoms with Crippen LogP contribution in [0.15, 0.2) is 48.5 Å². The summed E-state index contributed by atoms with van der Waals surface area (Å²) in [6.07, 6.45) is 6.34. The summed E-state index contributed by atoms with van der Waals surface area (Å²) in [6.45, 7) is 0.180. The molecule has 2 aromatic rings. The van der Waals surface area contributed by atoms with Crippen LogP contribution in [0.1, 0.15) is 39.1 Å². The highest BCUT2D eigenvalue weighted by Crippen LogP contribution is 2.22. The van der Waals surface area contributed by atoms with Crippen LogP contribution in [0, 0.1) is 12.3 Å². The van der Waals surface area contributed by atoms with Gasteiger partial charge in [0.1, 0.15) is 0 Å². The van der Waals surface area contributed by atoms with Crippen LogP contribution in [0.5, 0.6) is 0 Å². The van der Waals surface area contributed by atoms with Gasteiger partial charge < -0.3 is 5.32 Å². The molecule has 1 aliphatic heterocycles. The standard InChI is InChI=1S/C21H18N2O4/c1-2-3-8-19(24)22-16-11-9-15(10-12-16)13-14-27-23-20(25)17-6-4-5-7-18(17)21(23)26/h1,4-7,9-12H,3,8,13-14H2,(H,22,24). The average molecular weight is 362 g/mol. The average Bonchev–Trinajstić information content (AvgIpc) is 2.93. The largest absolute Gasteiger partial charge is 0.326 e. The van der Waals surface area contributed by atoms with Crippen molar-refractivity contribution in [3.8, 4) is 12.3 Å². The Kier molecular flexibility index (Phi) is 5.64. The van der Waals surface area contributed by atoms with Gasteiger partial charge in [-0.3, -0.25) is 19.2 Å². The molecule has 0 fully saturated rings. The molecule has 2 aromatic carbocycles. The molecule has 1 N–H and O–H groups in total. The normalized spacial score (nSPS) is 12.6. The van der Waals surface area contributed by atoms with Gasteiger partial charge >= 0.3 is 0 Å². The molecule has 136 valence electrons. The van der Waals surface area contributed by atoms with Crippen molar-refractivity contribution in [2.75, 3.05) is 11.9 Å². The molecule has 0 aliphatic carbocycles. The molecular weight excluding hydrogens is 344 g/mol. The van der Waals surface area contributed by atoms with Crippen molar-refractivity contribution in [2.45, 2.75) is 19.3 Å². The number of hydroxylamine groups is 2. The first-order valence-electron chi connectivity index (χ1n) is 8.53. The number of hydrogen-bond acceptors (Lipinski definition) is 4. The first kappa shape index (κ1) is 18.4. The minimum absolute atomic E-state index is 0.130. The van der Waals surface area contributed by atoms with E-state index in [2.05, 4.69) is 11.2 Å². The van der Waals surface area contributed by atoms with Crippen LogP contribution in [-0.2, 0) is 16.1 Å². The summed E-state index contributed by atoms with van der Waals surface area (Å²) in [4.78, 5) is 41.4. The molecular formula is C21H18N2O4. The fraction of sp³-hybridized carbons (Fsp3) is 0.190. The molecule has 3 rings (SSSR count). The summed E-state index contributed by atoms with van der Waals surface area (Å²) >= 11 is 0. The number of hydrogen-bond donors (Lipinski definition) is 1. The zero-order valence-electron chi connectivity index (χ0n) is 14.6. The van der Waals surface area contributed by atoms with Crippen LogP contribution in [0.3, 0.4) is 0 Å². The van der Waals surface area contributed by atoms with E-state index in [1.54, 1.807) is 36.4 Å². The van der Waals surface area contributed by atoms with Gasteiger partial charge in [0.15, 0.2) is 0 Å². The van der Waals surface area contributed by atoms with Crippen molar-refractivity contribution >= 4 is 23.4 Å². The number of fused-ring (bicyclic) bond motifs is 1. The van der Waals surface area contributed by atoms with Crippen LogP contribution >= 0.6 is 0 Å². The fourth-order valence-electron chi connectivity index (χ4n) is 2.70. The summed E-state index contributed by atoms with van der Waals surface area (Å²) in [5, 5.41) is 3.57. The number of terminal acetylenes is 1. The van der Waals surface area contributed by atoms with Gasteiger partial charge in [0.25, 0.3) is 11.8 Å². The highest BCUT2D eigenvalue weighted by Gasteiger charge is 2.36. The zero-order chi connectivity index (χ0) is 19.2. The van der Waals surface area contributed by atoms with E-state index in [1.807, 2.05) is 12.1 Å². The van der Waals surface area contributed by atoms with Gasteiger partial charge in [-0.15, -0.1) is 17.4 Å². The summed E-state index contributed by atoms with van der Waals surface area (Å²) in [6, 6.07) is 13.9. The van der Waals surface area contributed by atoms with Gasteiger partial charge in [0.2, 0.25) is 5.91 Å². The summed E-state index contributed by atoms with van der Waals surface area (Å²) in [7, 11) is 0. The van der Waals surface area contributed by atoms with E-state index in [0.717, 1.165) is 10.6 Å². The molecule has 0 saturated carbocycles. The summed E-state index contributed by atoms with van der Waals surface area (Å²) in [5.41, 5.74) is 2.34. The number of nitrogens with zero attached hydrogens (tertiary/aromatic N) is 1. The number of anilines is 1. The van der Waals surface area contributed by atoms with Gasteiger partial charge in [-0.05, 0) is 36.2 Å². The third-order valence-corrected chi connectivity index (χ3v) is 4.10. The Labute approximate surface area is 157 Å². The Bertz CT molecular complexity index is 878. The molecule has 3 amide bonds. The van der Waals surface area contributed by atoms with Crippen molar-refractivity contribution in [3.05, 3.63) is 65.2 Å². The minimum atomic E-state index is -0.444. The molecule has 0 spiro atoms. The van der Waals surface area contributed by atoms with Crippen LogP contribution in [0.2, 0.25) is 0 Å². The quantitative estimate of drug-likeness (QED) is 0.607. The first-order chi connectivity index (χ1) is 13.1. The van der Waals surface area contributed by atoms with Crippen molar-refractivity contribution in [3.63, 3.8) is 0 Å². The highest BCUT2D eigenvalue weighted by molar-refractivity contribution is 6.20. The molecule has 0 unspecified atom stereocenters. The van der Waals surface area contributed by atoms with E-state index in [-0.39, 0.29) is 18.9 Å². The number of imide groups is 1. The van der Waals surface area contributed by atoms with Crippen molar-refractivity contribution in [2.24, 2.45) is 0 Å². The minimum Gasteiger partial charge on any atom is -0.326 e. The molecule has 0 saturated heterocycles. The number of carbonyl (C=O) groups excluding carboxylic acids is 3. The predicted molar refractivity (Wildman–Crippen MR) is 99.7 cm³/mol. The number of nitrogens with one attached hydrogen (secondary N) is 1. The van der Waals surface area contributed by atoms with E-state index < -0.39 is 11.8 Å². The molecule has 0 aromatic heterocycles. The molecule has 6 nitrogen and oxygen atoms in total. The lowest BCUT2D eigenvalue weighted by molar-refractivity contribution is -0.116. The summed E-state index contributed by atoms with van der Waals surface area (Å²) < 4.78 is 0. The predicted octanol–water partition coefficient (Wildman–Crippen LogP) is 2.81. The van der Waals surface area contributed by atoms with Crippen LogP contribution in [0.4, 0.5) is 5.69 Å². The fourth-order valence-corrected chi connectivity index (χ4v) is 2.70. The molecule has 1 heterocycles. The van der Waals surface area contributed by atoms with Gasteiger partial charge in [-0.25, -0.2) is 0 Å². The smallest absolute Gasteiger partial charge is 0.285 e. The van der Waals surface area contributed by atoms with Gasteiger partial charge in [-0.1, -0.05) is 24.3 Å². The second kappa shape index (κ2) is 8.30. The lowest BCUT2D eigenvalue weighted by Gasteiger charge is -2.13. The monoisotopic (exact) mass is 362 g/mol. The first-order valence-corrected chi connectivity index (χ1v) is 8.53. The topological polar surface area (TPSA) is 75.7 Å². The molecule has 0 radical (unpaired) electrons. The number of benzene rings is 2. The Morgan fingerprint density at radius 1 is 1.04 bits per heavy atom. The van der Waals surface area contributed by atoms with E-state index in [4.69, 9.17) is 11.3 Å². The third kappa shape index (κ3) is 4.22. The van der Waals surface area contributed by atoms with Crippen LogP contribution < -0.4 is 5.32 Å². The number of rotatable bonds is 7. The second-order valence-corrected chi connectivity index (χ2v) is 5.98. The SMILES string of the molecule is C#CCCC(=O)Nc1ccc(CCON2C(=O)c3ccccc3C2=O)cc1. The van der Waals surface area contributed by atoms with E-state index in [9.17, 15) is 14.4 Å². The maximum absolute atomic E-state index is 12.2. The Hall–Kier alpha value is -3.43. The molecule has 6 heteroatoms. The Morgan fingerprint density at radius 2 is 1.67 bits per heavy atom. The molecule has 27 heavy (non-hydrogen) atoms. The van der Waals surface area contributed by atoms with Gasteiger partial charge in [0.05, 0.1) is 17.7 Å². The maximum atomic E-state index is 12.2. The Balaban J connectivity index is 1.50. The van der Waals surface area contributed by atoms with E-state index in [1.165, 1.54) is 0 Å². The third-order valence-electron chi connectivity index (χ3n) is 4.10. The van der Waals surface area contributed by atoms with Gasteiger partial charge in [-0.2, -0.15) is 0 Å². The van der Waals surface area contributed by atoms with Crippen molar-refractivity contribution < 1.29 is 19.2 Å².